The molecule has 140 heavy (non-hydrogen) atoms. The van der Waals surface area contributed by atoms with Crippen LogP contribution in [0, 0.1) is 46.9 Å². The lowest BCUT2D eigenvalue weighted by Crippen LogP contribution is -2.28. The number of pyridine rings is 5. The fraction of sp³-hybridized carbons (Fsp3) is 0.250. The third kappa shape index (κ3) is 16.7. The largest absolute Gasteiger partial charge is 0.478 e. The van der Waals surface area contributed by atoms with Gasteiger partial charge in [-0.15, -0.1) is 0 Å². The summed E-state index contributed by atoms with van der Waals surface area (Å²) in [4.78, 5) is 112. The van der Waals surface area contributed by atoms with Crippen LogP contribution in [0.25, 0.3) is 113 Å². The molecule has 0 spiro atoms. The third-order valence-corrected chi connectivity index (χ3v) is 25.9. The number of nitrogens with zero attached hydrogens (tertiary/aromatic N) is 22. The molecular formula is C104H89F4N27O5. The number of nitrogens with one attached hydrogen (secondary N) is 5. The second-order valence-corrected chi connectivity index (χ2v) is 37.1. The Hall–Kier alpha value is -17.0. The summed E-state index contributed by atoms with van der Waals surface area (Å²) in [6.07, 6.45) is 16.5. The second-order valence-electron chi connectivity index (χ2n) is 37.1. The number of hydrogen-bond donors (Lipinski definition) is 5. The molecule has 5 N–H and O–H groups in total. The van der Waals surface area contributed by atoms with Gasteiger partial charge in [-0.2, -0.15) is 25.5 Å². The number of carbonyl (C=O) groups is 4. The Kier molecular flexibility index (Phi) is 22.8. The van der Waals surface area contributed by atoms with E-state index in [0.29, 0.717) is 183 Å². The van der Waals surface area contributed by atoms with Gasteiger partial charge < -0.3 is 26.0 Å². The van der Waals surface area contributed by atoms with E-state index in [9.17, 15) is 36.7 Å². The number of benzene rings is 4. The third-order valence-electron chi connectivity index (χ3n) is 25.9. The van der Waals surface area contributed by atoms with Gasteiger partial charge in [-0.3, -0.25) is 24.3 Å². The molecule has 32 nitrogen and oxygen atoms in total. The summed E-state index contributed by atoms with van der Waals surface area (Å²) in [7, 11) is 0. The fourth-order valence-electron chi connectivity index (χ4n) is 17.9. The summed E-state index contributed by atoms with van der Waals surface area (Å²) >= 11 is 0. The number of aromatic nitrogens is 23. The molecule has 2 saturated carbocycles. The van der Waals surface area contributed by atoms with Crippen LogP contribution in [-0.2, 0) is 73.4 Å². The van der Waals surface area contributed by atoms with E-state index in [1.807, 2.05) is 105 Å². The summed E-state index contributed by atoms with van der Waals surface area (Å²) in [5.74, 6) is 9.63. The van der Waals surface area contributed by atoms with Gasteiger partial charge in [-0.25, -0.2) is 101 Å². The summed E-state index contributed by atoms with van der Waals surface area (Å²) in [5.41, 5.74) is 10.2. The first-order valence-corrected chi connectivity index (χ1v) is 45.9. The molecule has 0 atom stereocenters. The van der Waals surface area contributed by atoms with E-state index in [2.05, 4.69) is 78.2 Å². The van der Waals surface area contributed by atoms with Crippen LogP contribution in [0.15, 0.2) is 201 Å². The van der Waals surface area contributed by atoms with E-state index < -0.39 is 21.7 Å². The lowest BCUT2D eigenvalue weighted by atomic mass is 9.84. The van der Waals surface area contributed by atoms with Gasteiger partial charge in [0, 0.05) is 99.2 Å². The van der Waals surface area contributed by atoms with Crippen LogP contribution >= 0.6 is 0 Å². The Morgan fingerprint density at radius 2 is 0.757 bits per heavy atom. The Bertz CT molecular complexity index is 8130. The maximum Gasteiger partial charge on any atom is 0.235 e. The van der Waals surface area contributed by atoms with Gasteiger partial charge in [0.2, 0.25) is 29.5 Å². The Morgan fingerprint density at radius 1 is 0.386 bits per heavy atom. The van der Waals surface area contributed by atoms with Crippen LogP contribution in [0.4, 0.5) is 40.8 Å². The highest BCUT2D eigenvalue weighted by atomic mass is 19.1. The number of ether oxygens (including phenoxy) is 1. The molecule has 698 valence electrons. The number of aryl methyl sites for hydroxylation is 1. The minimum Gasteiger partial charge on any atom is -0.478 e. The predicted molar refractivity (Wildman–Crippen MR) is 515 cm³/mol. The average Bonchev–Trinajstić information content (AvgIpc) is 1.59. The molecule has 2 fully saturated rings. The molecule has 36 heteroatoms. The molecule has 2 aliphatic carbocycles. The highest BCUT2D eigenvalue weighted by molar-refractivity contribution is 6.10. The van der Waals surface area contributed by atoms with Crippen molar-refractivity contribution < 1.29 is 41.5 Å². The number of rotatable bonds is 19. The first kappa shape index (κ1) is 89.5. The van der Waals surface area contributed by atoms with Crippen molar-refractivity contribution in [3.8, 4) is 86.4 Å². The normalized spacial score (nSPS) is 15.2. The van der Waals surface area contributed by atoms with Crippen LogP contribution in [-0.4, -0.2) is 144 Å². The van der Waals surface area contributed by atoms with Crippen molar-refractivity contribution in [2.75, 3.05) is 27.9 Å². The van der Waals surface area contributed by atoms with E-state index in [-0.39, 0.29) is 73.1 Å². The topological polar surface area (TPSA) is 393 Å². The number of amides is 4. The maximum absolute atomic E-state index is 14.4. The molecule has 0 saturated heterocycles. The summed E-state index contributed by atoms with van der Waals surface area (Å²) in [6, 6.07) is 46.6. The number of fused-ring (bicyclic) bond motifs is 8. The maximum atomic E-state index is 14.4. The fourth-order valence-corrected chi connectivity index (χ4v) is 17.9. The average molecular weight is 1870 g/mol. The zero-order valence-corrected chi connectivity index (χ0v) is 77.4. The molecule has 0 radical (unpaired) electrons. The van der Waals surface area contributed by atoms with Gasteiger partial charge in [0.15, 0.2) is 45.9 Å². The molecule has 4 amide bonds. The SMILES string of the molecule is CC1(C)C(=O)Nc2nc(-c3nn(Cc4ccccc4F)c4ncccc34)nc(-c3ccn[nH]3)c21.CC1(C)C(=O)Nc2nc(-c3nn(Cc4ccccc4F)c4ncccc34)nc(C#CC3CC3)c21.CC1(C)C(=O)Nc2nc(-c3nn(Cc4ccccc4F)c4ncccc34)nc(CCC3CC3)c21.CCOc1ccc(-c2nc(-c3nn(Cc4ccccc4F)c4ncccc34)nc3c2C(C)(C)C(=O)N3)cn1. The monoisotopic (exact) mass is 1870 g/mol. The molecule has 6 aliphatic rings. The summed E-state index contributed by atoms with van der Waals surface area (Å²) < 4.78 is 69.6. The van der Waals surface area contributed by atoms with E-state index >= 15 is 0 Å². The lowest BCUT2D eigenvalue weighted by Gasteiger charge is -2.18. The van der Waals surface area contributed by atoms with Gasteiger partial charge in [0.05, 0.1) is 98.8 Å². The van der Waals surface area contributed by atoms with E-state index in [1.165, 1.54) is 37.1 Å². The summed E-state index contributed by atoms with van der Waals surface area (Å²) in [6.45, 7) is 18.1. The van der Waals surface area contributed by atoms with Gasteiger partial charge in [-0.1, -0.05) is 91.6 Å². The van der Waals surface area contributed by atoms with Crippen molar-refractivity contribution >= 4 is 91.0 Å². The Balaban J connectivity index is 0.000000111. The van der Waals surface area contributed by atoms with Crippen LogP contribution in [0.1, 0.15) is 150 Å². The van der Waals surface area contributed by atoms with Crippen LogP contribution < -0.4 is 26.0 Å². The van der Waals surface area contributed by atoms with Crippen molar-refractivity contribution in [1.29, 1.82) is 0 Å². The quantitative estimate of drug-likeness (QED) is 0.0371. The molecule has 24 rings (SSSR count). The van der Waals surface area contributed by atoms with Crippen LogP contribution in [0.2, 0.25) is 0 Å². The van der Waals surface area contributed by atoms with Crippen LogP contribution in [0.3, 0.4) is 0 Å². The van der Waals surface area contributed by atoms with Gasteiger partial charge >= 0.3 is 0 Å². The van der Waals surface area contributed by atoms with Gasteiger partial charge in [0.25, 0.3) is 0 Å². The molecule has 18 heterocycles. The number of carbonyl (C=O) groups excluding carboxylic acids is 4. The number of aromatic amines is 1. The van der Waals surface area contributed by atoms with E-state index in [1.54, 1.807) is 153 Å². The van der Waals surface area contributed by atoms with E-state index in [4.69, 9.17) is 55.0 Å². The Labute approximate surface area is 797 Å². The second kappa shape index (κ2) is 35.6. The van der Waals surface area contributed by atoms with Crippen molar-refractivity contribution in [2.24, 2.45) is 11.8 Å². The molecule has 0 unspecified atom stereocenters. The molecule has 4 aliphatic heterocycles. The molecule has 0 bridgehead atoms. The molecule has 4 aromatic carbocycles. The van der Waals surface area contributed by atoms with Crippen molar-refractivity contribution in [2.45, 2.75) is 149 Å². The van der Waals surface area contributed by atoms with Crippen molar-refractivity contribution in [1.82, 2.24) is 114 Å². The number of H-pyrrole nitrogens is 1. The number of hydrogen-bond acceptors (Lipinski definition) is 23. The minimum absolute atomic E-state index is 0.0711. The number of halogens is 4. The van der Waals surface area contributed by atoms with Crippen LogP contribution in [0.5, 0.6) is 5.88 Å². The van der Waals surface area contributed by atoms with Crippen molar-refractivity contribution in [3.05, 3.63) is 280 Å². The highest BCUT2D eigenvalue weighted by Crippen LogP contribution is 2.48. The van der Waals surface area contributed by atoms with Gasteiger partial charge in [-0.05, 0) is 185 Å². The summed E-state index contributed by atoms with van der Waals surface area (Å²) in [5, 5.41) is 40.6. The van der Waals surface area contributed by atoms with Gasteiger partial charge in [0.1, 0.15) is 75.0 Å². The smallest absolute Gasteiger partial charge is 0.235 e. The standard InChI is InChI=1S/C28H24FN7O2.C26H25FN6O.C26H21FN6O.C24H19FN8O/c1-4-38-20-12-11-16(14-31-20)22-21-24(34-27(37)28(21,2)3)33-25(32-22)23-18-9-7-13-30-26(18)36(35-23)15-17-8-5-6-10-19(17)29;2*1-26(2)20-19(12-11-15-9-10-15)29-23(30-22(20)31-25(26)34)21-17-7-5-13-28-24(17)33(32-21)14-16-6-3-4-8-18(16)27;1-24(2)17-19(16-9-11-27-31-16)28-21(29-20(17)30-23(24)34)18-14-7-5-10-26-22(14)33(32-18)12-13-6-3-4-8-15(13)25/h5-14H,4,15H2,1-3H3,(H,32,33,34,37);3-8,13,15H,9-12,14H2,1-2H3,(H,29,30,31,34);3-8,13,15H,9-10,14H2,1-2H3,(H,29,30,31,34);3-11H,12H2,1-2H3,(H,27,31)(H,28,29,30,34). The zero-order chi connectivity index (χ0) is 96.8. The molecule has 14 aromatic heterocycles. The van der Waals surface area contributed by atoms with E-state index in [0.717, 1.165) is 59.0 Å². The molecule has 18 aromatic rings. The van der Waals surface area contributed by atoms with Crippen molar-refractivity contribution in [3.63, 3.8) is 0 Å². The highest BCUT2D eigenvalue weighted by Gasteiger charge is 2.48. The number of anilines is 4. The zero-order valence-electron chi connectivity index (χ0n) is 77.4. The first-order valence-electron chi connectivity index (χ1n) is 45.9. The predicted octanol–water partition coefficient (Wildman–Crippen LogP) is 17.2. The lowest BCUT2D eigenvalue weighted by molar-refractivity contribution is -0.120. The molecular weight excluding hydrogens is 1780 g/mol. The first-order chi connectivity index (χ1) is 67.6. The minimum atomic E-state index is -0.852. The Morgan fingerprint density at radius 3 is 1.14 bits per heavy atom.